The molecule has 0 fully saturated rings. The number of anilines is 2. The summed E-state index contributed by atoms with van der Waals surface area (Å²) in [5, 5.41) is 0. The normalized spacial score (nSPS) is 18.8. The lowest BCUT2D eigenvalue weighted by Crippen LogP contribution is -2.51. The second-order valence-corrected chi connectivity index (χ2v) is 8.89. The van der Waals surface area contributed by atoms with Crippen LogP contribution in [0.4, 0.5) is 11.4 Å². The van der Waals surface area contributed by atoms with E-state index in [0.717, 1.165) is 16.2 Å². The van der Waals surface area contributed by atoms with Crippen molar-refractivity contribution in [2.45, 2.75) is 32.4 Å². The highest BCUT2D eigenvalue weighted by atomic mass is 16.2. The smallest absolute Gasteiger partial charge is 0.262 e. The average molecular weight is 468 g/mol. The Balaban J connectivity index is 1.47. The van der Waals surface area contributed by atoms with E-state index in [0.29, 0.717) is 23.2 Å². The van der Waals surface area contributed by atoms with Crippen molar-refractivity contribution in [3.8, 4) is 0 Å². The summed E-state index contributed by atoms with van der Waals surface area (Å²) < 4.78 is 0. The number of imide groups is 1. The van der Waals surface area contributed by atoms with Gasteiger partial charge < -0.3 is 9.80 Å². The van der Waals surface area contributed by atoms with Gasteiger partial charge in [0.2, 0.25) is 11.8 Å². The Morgan fingerprint density at radius 2 is 1.43 bits per heavy atom. The van der Waals surface area contributed by atoms with E-state index in [4.69, 9.17) is 0 Å². The van der Waals surface area contributed by atoms with Gasteiger partial charge >= 0.3 is 0 Å². The van der Waals surface area contributed by atoms with Crippen LogP contribution in [-0.2, 0) is 9.59 Å². The van der Waals surface area contributed by atoms with Crippen molar-refractivity contribution in [3.05, 3.63) is 95.6 Å². The predicted molar refractivity (Wildman–Crippen MR) is 132 cm³/mol. The third-order valence-corrected chi connectivity index (χ3v) is 6.69. The fourth-order valence-electron chi connectivity index (χ4n) is 5.17. The van der Waals surface area contributed by atoms with Gasteiger partial charge in [-0.3, -0.25) is 24.1 Å². The number of amides is 4. The Labute approximate surface area is 203 Å². The molecule has 2 heterocycles. The van der Waals surface area contributed by atoms with Gasteiger partial charge in [-0.25, -0.2) is 0 Å². The summed E-state index contributed by atoms with van der Waals surface area (Å²) >= 11 is 0. The topological polar surface area (TPSA) is 78.0 Å². The molecule has 2 aliphatic heterocycles. The van der Waals surface area contributed by atoms with E-state index in [9.17, 15) is 19.2 Å². The van der Waals surface area contributed by atoms with Crippen LogP contribution in [0.25, 0.3) is 0 Å². The van der Waals surface area contributed by atoms with Crippen LogP contribution < -0.4 is 9.80 Å². The number of hydrogen-bond donors (Lipinski definition) is 0. The molecule has 0 saturated heterocycles. The number of carbonyl (C=O) groups excluding carboxylic acids is 4. The van der Waals surface area contributed by atoms with E-state index in [1.54, 1.807) is 41.0 Å². The van der Waals surface area contributed by atoms with Gasteiger partial charge in [0.1, 0.15) is 6.54 Å². The van der Waals surface area contributed by atoms with E-state index >= 15 is 0 Å². The first-order chi connectivity index (χ1) is 16.9. The molecule has 3 aromatic carbocycles. The van der Waals surface area contributed by atoms with E-state index in [2.05, 4.69) is 0 Å². The molecule has 0 aliphatic carbocycles. The predicted octanol–water partition coefficient (Wildman–Crippen LogP) is 4.20. The van der Waals surface area contributed by atoms with Crippen LogP contribution in [0.15, 0.2) is 78.9 Å². The zero-order valence-corrected chi connectivity index (χ0v) is 19.5. The molecule has 4 amide bonds. The molecule has 176 valence electrons. The van der Waals surface area contributed by atoms with Crippen molar-refractivity contribution in [3.63, 3.8) is 0 Å². The maximum atomic E-state index is 13.5. The van der Waals surface area contributed by atoms with Crippen molar-refractivity contribution >= 4 is 35.0 Å². The van der Waals surface area contributed by atoms with Gasteiger partial charge in [0.15, 0.2) is 0 Å². The van der Waals surface area contributed by atoms with Gasteiger partial charge in [-0.05, 0) is 49.2 Å². The van der Waals surface area contributed by atoms with Crippen LogP contribution in [-0.4, -0.2) is 41.1 Å². The molecule has 0 bridgehead atoms. The summed E-state index contributed by atoms with van der Waals surface area (Å²) in [5.74, 6) is -1.34. The quantitative estimate of drug-likeness (QED) is 0.539. The molecule has 2 atom stereocenters. The van der Waals surface area contributed by atoms with Crippen LogP contribution >= 0.6 is 0 Å². The highest BCUT2D eigenvalue weighted by Crippen LogP contribution is 2.42. The molecule has 0 N–H and O–H groups in total. The Morgan fingerprint density at radius 3 is 2.06 bits per heavy atom. The van der Waals surface area contributed by atoms with Crippen LogP contribution in [0.3, 0.4) is 0 Å². The van der Waals surface area contributed by atoms with E-state index in [-0.39, 0.29) is 30.4 Å². The first-order valence-corrected chi connectivity index (χ1v) is 11.6. The van der Waals surface area contributed by atoms with Crippen LogP contribution in [0, 0.1) is 0 Å². The van der Waals surface area contributed by atoms with Gasteiger partial charge in [0.05, 0.1) is 17.2 Å². The number of hydrogen-bond acceptors (Lipinski definition) is 4. The summed E-state index contributed by atoms with van der Waals surface area (Å²) in [7, 11) is 0. The number of para-hydroxylation sites is 2. The first kappa shape index (κ1) is 22.5. The van der Waals surface area contributed by atoms with Crippen molar-refractivity contribution in [2.24, 2.45) is 0 Å². The maximum absolute atomic E-state index is 13.5. The number of carbonyl (C=O) groups is 4. The SMILES string of the molecule is CC(=O)N(c1ccccc1)[C@@H]1C[C@@H](C)N(C(=O)CN2C(=O)c3ccccc3C2=O)c2ccccc21. The van der Waals surface area contributed by atoms with E-state index in [1.165, 1.54) is 0 Å². The zero-order valence-electron chi connectivity index (χ0n) is 19.5. The number of nitrogens with zero attached hydrogens (tertiary/aromatic N) is 3. The minimum absolute atomic E-state index is 0.0889. The molecular weight excluding hydrogens is 442 g/mol. The Hall–Kier alpha value is -4.26. The standard InChI is InChI=1S/C28H25N3O4/c1-18-16-25(31(19(2)32)20-10-4-3-5-11-20)23-14-8-9-15-24(23)30(18)26(33)17-29-27(34)21-12-6-7-13-22(21)28(29)35/h3-15,18,25H,16-17H2,1-2H3/t18-,25-/m1/s1. The van der Waals surface area contributed by atoms with Crippen LogP contribution in [0.1, 0.15) is 52.6 Å². The molecule has 0 aromatic heterocycles. The van der Waals surface area contributed by atoms with Gasteiger partial charge in [0, 0.05) is 24.3 Å². The molecule has 0 radical (unpaired) electrons. The molecule has 0 spiro atoms. The minimum Gasteiger partial charge on any atom is -0.308 e. The largest absolute Gasteiger partial charge is 0.308 e. The highest BCUT2D eigenvalue weighted by molar-refractivity contribution is 6.22. The second-order valence-electron chi connectivity index (χ2n) is 8.89. The lowest BCUT2D eigenvalue weighted by molar-refractivity contribution is -0.119. The fraction of sp³-hybridized carbons (Fsp3) is 0.214. The lowest BCUT2D eigenvalue weighted by atomic mass is 9.89. The molecule has 7 nitrogen and oxygen atoms in total. The number of fused-ring (bicyclic) bond motifs is 2. The van der Waals surface area contributed by atoms with Crippen molar-refractivity contribution in [2.75, 3.05) is 16.3 Å². The zero-order chi connectivity index (χ0) is 24.7. The summed E-state index contributed by atoms with van der Waals surface area (Å²) in [5.41, 5.74) is 2.95. The number of rotatable bonds is 4. The minimum atomic E-state index is -0.457. The van der Waals surface area contributed by atoms with Crippen molar-refractivity contribution in [1.82, 2.24) is 4.90 Å². The van der Waals surface area contributed by atoms with E-state index < -0.39 is 11.8 Å². The van der Waals surface area contributed by atoms with Crippen LogP contribution in [0.2, 0.25) is 0 Å². The van der Waals surface area contributed by atoms with Gasteiger partial charge in [0.25, 0.3) is 11.8 Å². The third-order valence-electron chi connectivity index (χ3n) is 6.69. The Bertz CT molecular complexity index is 1300. The summed E-state index contributed by atoms with van der Waals surface area (Å²) in [6.07, 6.45) is 0.513. The van der Waals surface area contributed by atoms with Gasteiger partial charge in [-0.15, -0.1) is 0 Å². The maximum Gasteiger partial charge on any atom is 0.262 e. The van der Waals surface area contributed by atoms with Crippen LogP contribution in [0.5, 0.6) is 0 Å². The highest BCUT2D eigenvalue weighted by Gasteiger charge is 2.41. The Kier molecular flexibility index (Phi) is 5.68. The van der Waals surface area contributed by atoms with Gasteiger partial charge in [-0.2, -0.15) is 0 Å². The lowest BCUT2D eigenvalue weighted by Gasteiger charge is -2.43. The second kappa shape index (κ2) is 8.83. The molecule has 0 saturated carbocycles. The third kappa shape index (κ3) is 3.79. The fourth-order valence-corrected chi connectivity index (χ4v) is 5.17. The molecular formula is C28H25N3O4. The molecule has 35 heavy (non-hydrogen) atoms. The van der Waals surface area contributed by atoms with Crippen molar-refractivity contribution < 1.29 is 19.2 Å². The first-order valence-electron chi connectivity index (χ1n) is 11.6. The summed E-state index contributed by atoms with van der Waals surface area (Å²) in [6, 6.07) is 23.1. The van der Waals surface area contributed by atoms with E-state index in [1.807, 2.05) is 61.5 Å². The van der Waals surface area contributed by atoms with Crippen molar-refractivity contribution in [1.29, 1.82) is 0 Å². The van der Waals surface area contributed by atoms with Gasteiger partial charge in [-0.1, -0.05) is 48.5 Å². The summed E-state index contributed by atoms with van der Waals surface area (Å²) in [6.45, 7) is 3.12. The Morgan fingerprint density at radius 1 is 0.857 bits per heavy atom. The summed E-state index contributed by atoms with van der Waals surface area (Å²) in [4.78, 5) is 56.4. The molecule has 0 unspecified atom stereocenters. The molecule has 7 heteroatoms. The molecule has 3 aromatic rings. The average Bonchev–Trinajstić information content (AvgIpc) is 3.09. The molecule has 5 rings (SSSR count). The molecule has 2 aliphatic rings. The monoisotopic (exact) mass is 467 g/mol. The number of benzene rings is 3.